The van der Waals surface area contributed by atoms with Crippen LogP contribution in [0.25, 0.3) is 0 Å². The number of esters is 2. The fraction of sp³-hybridized carbons (Fsp3) is 0.467. The largest absolute Gasteiger partial charge is 0.465 e. The van der Waals surface area contributed by atoms with Gasteiger partial charge in [0.25, 0.3) is 0 Å². The van der Waals surface area contributed by atoms with Gasteiger partial charge >= 0.3 is 18.1 Å². The Morgan fingerprint density at radius 2 is 1.41 bits per heavy atom. The Labute approximate surface area is 126 Å². The fourth-order valence-corrected chi connectivity index (χ4v) is 2.10. The van der Waals surface area contributed by atoms with E-state index in [1.807, 2.05) is 0 Å². The highest BCUT2D eigenvalue weighted by Gasteiger charge is 2.56. The Balaban J connectivity index is 3.48. The first-order valence-electron chi connectivity index (χ1n) is 6.74. The van der Waals surface area contributed by atoms with Crippen LogP contribution < -0.4 is 0 Å². The van der Waals surface area contributed by atoms with Crippen LogP contribution in [-0.4, -0.2) is 31.3 Å². The van der Waals surface area contributed by atoms with Gasteiger partial charge in [0.1, 0.15) is 0 Å². The topological polar surface area (TPSA) is 52.6 Å². The number of hydrogen-bond acceptors (Lipinski definition) is 4. The van der Waals surface area contributed by atoms with E-state index in [1.165, 1.54) is 38.1 Å². The Hall–Kier alpha value is -2.05. The highest BCUT2D eigenvalue weighted by atomic mass is 19.4. The molecule has 0 saturated heterocycles. The molecule has 0 radical (unpaired) electrons. The Bertz CT molecular complexity index is 493. The first-order chi connectivity index (χ1) is 10.3. The second-order valence-electron chi connectivity index (χ2n) is 4.50. The van der Waals surface area contributed by atoms with Crippen molar-refractivity contribution in [2.75, 3.05) is 13.2 Å². The van der Waals surface area contributed by atoms with Crippen LogP contribution in [0.5, 0.6) is 0 Å². The summed E-state index contributed by atoms with van der Waals surface area (Å²) in [5.74, 6) is -2.53. The minimum Gasteiger partial charge on any atom is -0.465 e. The SMILES string of the molecule is CCOC(=O)C(CC(F)(F)F)(C(=O)OCC)c1ccccc1. The molecule has 0 saturated carbocycles. The molecule has 7 heteroatoms. The van der Waals surface area contributed by atoms with Crippen molar-refractivity contribution in [1.29, 1.82) is 0 Å². The summed E-state index contributed by atoms with van der Waals surface area (Å²) in [5.41, 5.74) is -2.66. The summed E-state index contributed by atoms with van der Waals surface area (Å²) >= 11 is 0. The van der Waals surface area contributed by atoms with E-state index < -0.39 is 30.0 Å². The molecule has 0 fully saturated rings. The number of carbonyl (C=O) groups excluding carboxylic acids is 2. The van der Waals surface area contributed by atoms with Crippen LogP contribution in [0.3, 0.4) is 0 Å². The molecule has 0 spiro atoms. The standard InChI is InChI=1S/C15H17F3O4/c1-3-21-12(19)14(10-15(16,17)18,13(20)22-4-2)11-8-6-5-7-9-11/h5-9H,3-4,10H2,1-2H3. The number of rotatable bonds is 6. The predicted octanol–water partition coefficient (Wildman–Crippen LogP) is 3.00. The van der Waals surface area contributed by atoms with E-state index in [1.54, 1.807) is 6.07 Å². The van der Waals surface area contributed by atoms with Gasteiger partial charge in [0.15, 0.2) is 5.41 Å². The minimum absolute atomic E-state index is 0.107. The van der Waals surface area contributed by atoms with E-state index in [2.05, 4.69) is 0 Å². The number of alkyl halides is 3. The number of ether oxygens (including phenoxy) is 2. The zero-order chi connectivity index (χ0) is 16.8. The summed E-state index contributed by atoms with van der Waals surface area (Å²) in [6.45, 7) is 2.61. The van der Waals surface area contributed by atoms with Crippen LogP contribution in [0.1, 0.15) is 25.8 Å². The Morgan fingerprint density at radius 1 is 0.955 bits per heavy atom. The second kappa shape index (κ2) is 7.29. The van der Waals surface area contributed by atoms with Crippen LogP contribution in [0.2, 0.25) is 0 Å². The normalized spacial score (nSPS) is 11.9. The van der Waals surface area contributed by atoms with Gasteiger partial charge in [-0.25, -0.2) is 0 Å². The van der Waals surface area contributed by atoms with Gasteiger partial charge in [-0.15, -0.1) is 0 Å². The molecule has 0 aliphatic heterocycles. The minimum atomic E-state index is -4.75. The van der Waals surface area contributed by atoms with Crippen LogP contribution >= 0.6 is 0 Å². The van der Waals surface area contributed by atoms with E-state index >= 15 is 0 Å². The molecule has 0 heterocycles. The molecule has 1 rings (SSSR count). The molecule has 0 N–H and O–H groups in total. The van der Waals surface area contributed by atoms with Crippen molar-refractivity contribution in [3.63, 3.8) is 0 Å². The Kier molecular flexibility index (Phi) is 5.96. The first-order valence-corrected chi connectivity index (χ1v) is 6.74. The van der Waals surface area contributed by atoms with E-state index in [0.717, 1.165) is 0 Å². The highest BCUT2D eigenvalue weighted by Crippen LogP contribution is 2.39. The Morgan fingerprint density at radius 3 is 1.77 bits per heavy atom. The summed E-state index contributed by atoms with van der Waals surface area (Å²) in [6.07, 6.45) is -6.43. The average Bonchev–Trinajstić information content (AvgIpc) is 2.45. The molecule has 4 nitrogen and oxygen atoms in total. The molecule has 0 unspecified atom stereocenters. The van der Waals surface area contributed by atoms with Gasteiger partial charge in [-0.05, 0) is 19.4 Å². The van der Waals surface area contributed by atoms with Crippen LogP contribution in [0.4, 0.5) is 13.2 Å². The van der Waals surface area contributed by atoms with Gasteiger partial charge in [-0.2, -0.15) is 13.2 Å². The molecule has 0 aromatic heterocycles. The molecule has 0 bridgehead atoms. The van der Waals surface area contributed by atoms with Crippen LogP contribution in [-0.2, 0) is 24.5 Å². The lowest BCUT2D eigenvalue weighted by molar-refractivity contribution is -0.185. The molecule has 0 aliphatic rings. The summed E-state index contributed by atoms with van der Waals surface area (Å²) < 4.78 is 48.5. The van der Waals surface area contributed by atoms with Crippen molar-refractivity contribution in [2.24, 2.45) is 0 Å². The van der Waals surface area contributed by atoms with Crippen molar-refractivity contribution in [2.45, 2.75) is 31.9 Å². The molecule has 0 amide bonds. The van der Waals surface area contributed by atoms with Gasteiger partial charge in [-0.3, -0.25) is 9.59 Å². The van der Waals surface area contributed by atoms with Gasteiger partial charge in [0.05, 0.1) is 19.6 Å². The average molecular weight is 318 g/mol. The van der Waals surface area contributed by atoms with E-state index in [0.29, 0.717) is 0 Å². The lowest BCUT2D eigenvalue weighted by Crippen LogP contribution is -2.49. The first kappa shape index (κ1) is 18.0. The third kappa shape index (κ3) is 3.99. The molecule has 0 aliphatic carbocycles. The zero-order valence-corrected chi connectivity index (χ0v) is 12.3. The van der Waals surface area contributed by atoms with Crippen LogP contribution in [0, 0.1) is 0 Å². The van der Waals surface area contributed by atoms with Gasteiger partial charge in [0, 0.05) is 0 Å². The number of halogens is 3. The molecule has 22 heavy (non-hydrogen) atoms. The van der Waals surface area contributed by atoms with E-state index in [4.69, 9.17) is 9.47 Å². The van der Waals surface area contributed by atoms with E-state index in [-0.39, 0.29) is 18.8 Å². The van der Waals surface area contributed by atoms with Crippen molar-refractivity contribution in [1.82, 2.24) is 0 Å². The highest BCUT2D eigenvalue weighted by molar-refractivity contribution is 6.06. The molecule has 1 aromatic rings. The lowest BCUT2D eigenvalue weighted by atomic mass is 9.77. The summed E-state index contributed by atoms with van der Waals surface area (Å²) in [5, 5.41) is 0. The second-order valence-corrected chi connectivity index (χ2v) is 4.50. The number of carbonyl (C=O) groups is 2. The molecule has 0 atom stereocenters. The van der Waals surface area contributed by atoms with Crippen LogP contribution in [0.15, 0.2) is 30.3 Å². The smallest absolute Gasteiger partial charge is 0.391 e. The van der Waals surface area contributed by atoms with Crippen molar-refractivity contribution >= 4 is 11.9 Å². The third-order valence-electron chi connectivity index (χ3n) is 2.98. The molecular formula is C15H17F3O4. The summed E-state index contributed by atoms with van der Waals surface area (Å²) in [6, 6.07) is 7.01. The van der Waals surface area contributed by atoms with Gasteiger partial charge in [-0.1, -0.05) is 30.3 Å². The monoisotopic (exact) mass is 318 g/mol. The zero-order valence-electron chi connectivity index (χ0n) is 12.3. The maximum absolute atomic E-state index is 13.0. The van der Waals surface area contributed by atoms with Crippen molar-refractivity contribution in [3.8, 4) is 0 Å². The third-order valence-corrected chi connectivity index (χ3v) is 2.98. The predicted molar refractivity (Wildman–Crippen MR) is 72.1 cm³/mol. The molecular weight excluding hydrogens is 301 g/mol. The quantitative estimate of drug-likeness (QED) is 0.598. The number of hydrogen-bond donors (Lipinski definition) is 0. The van der Waals surface area contributed by atoms with Gasteiger partial charge in [0.2, 0.25) is 0 Å². The summed E-state index contributed by atoms with van der Waals surface area (Å²) in [4.78, 5) is 24.5. The maximum atomic E-state index is 13.0. The molecule has 122 valence electrons. The summed E-state index contributed by atoms with van der Waals surface area (Å²) in [7, 11) is 0. The number of benzene rings is 1. The fourth-order valence-electron chi connectivity index (χ4n) is 2.10. The molecule has 1 aromatic carbocycles. The van der Waals surface area contributed by atoms with Crippen molar-refractivity contribution < 1.29 is 32.2 Å². The van der Waals surface area contributed by atoms with E-state index in [9.17, 15) is 22.8 Å². The lowest BCUT2D eigenvalue weighted by Gasteiger charge is -2.30. The maximum Gasteiger partial charge on any atom is 0.391 e. The van der Waals surface area contributed by atoms with Gasteiger partial charge < -0.3 is 9.47 Å². The van der Waals surface area contributed by atoms with Crippen molar-refractivity contribution in [3.05, 3.63) is 35.9 Å².